The van der Waals surface area contributed by atoms with E-state index in [4.69, 9.17) is 4.42 Å². The SMILES string of the molecule is O=C(CSc1nnc(C2CC2)o1)c1ccc(Br)s1. The van der Waals surface area contributed by atoms with E-state index >= 15 is 0 Å². The molecule has 0 spiro atoms. The molecule has 0 unspecified atom stereocenters. The summed E-state index contributed by atoms with van der Waals surface area (Å²) in [5.74, 6) is 1.58. The van der Waals surface area contributed by atoms with Gasteiger partial charge in [0.15, 0.2) is 5.78 Å². The third-order valence-corrected chi connectivity index (χ3v) is 5.01. The fraction of sp³-hybridized carbons (Fsp3) is 0.364. The van der Waals surface area contributed by atoms with Gasteiger partial charge < -0.3 is 4.42 Å². The van der Waals surface area contributed by atoms with Crippen LogP contribution in [0.5, 0.6) is 0 Å². The van der Waals surface area contributed by atoms with E-state index in [1.807, 2.05) is 12.1 Å². The predicted octanol–water partition coefficient (Wildman–Crippen LogP) is 3.75. The second-order valence-corrected chi connectivity index (χ2v) is 7.39. The summed E-state index contributed by atoms with van der Waals surface area (Å²) in [7, 11) is 0. The van der Waals surface area contributed by atoms with Crippen LogP contribution in [-0.2, 0) is 0 Å². The van der Waals surface area contributed by atoms with Gasteiger partial charge in [-0.3, -0.25) is 4.79 Å². The Morgan fingerprint density at radius 3 is 3.00 bits per heavy atom. The van der Waals surface area contributed by atoms with Crippen LogP contribution in [0.15, 0.2) is 25.6 Å². The van der Waals surface area contributed by atoms with Gasteiger partial charge in [0.25, 0.3) is 5.22 Å². The van der Waals surface area contributed by atoms with E-state index < -0.39 is 0 Å². The average molecular weight is 345 g/mol. The molecule has 7 heteroatoms. The largest absolute Gasteiger partial charge is 0.416 e. The molecule has 0 atom stereocenters. The number of ketones is 1. The van der Waals surface area contributed by atoms with Gasteiger partial charge in [0.05, 0.1) is 14.4 Å². The lowest BCUT2D eigenvalue weighted by molar-refractivity contribution is 0.102. The molecule has 1 aliphatic rings. The topological polar surface area (TPSA) is 56.0 Å². The van der Waals surface area contributed by atoms with Gasteiger partial charge in [-0.25, -0.2) is 0 Å². The molecule has 3 rings (SSSR count). The summed E-state index contributed by atoms with van der Waals surface area (Å²) < 4.78 is 6.44. The Kier molecular flexibility index (Phi) is 3.54. The molecule has 4 nitrogen and oxygen atoms in total. The Labute approximate surface area is 120 Å². The maximum Gasteiger partial charge on any atom is 0.277 e. The number of carbonyl (C=O) groups is 1. The summed E-state index contributed by atoms with van der Waals surface area (Å²) in [5.41, 5.74) is 0. The van der Waals surface area contributed by atoms with Crippen molar-refractivity contribution >= 4 is 44.8 Å². The van der Waals surface area contributed by atoms with Crippen molar-refractivity contribution in [3.8, 4) is 0 Å². The third-order valence-electron chi connectivity index (χ3n) is 2.52. The van der Waals surface area contributed by atoms with Crippen LogP contribution >= 0.6 is 39.0 Å². The molecule has 0 bridgehead atoms. The molecule has 94 valence electrons. The van der Waals surface area contributed by atoms with Gasteiger partial charge in [-0.1, -0.05) is 11.8 Å². The van der Waals surface area contributed by atoms with Gasteiger partial charge >= 0.3 is 0 Å². The summed E-state index contributed by atoms with van der Waals surface area (Å²) in [6.07, 6.45) is 2.27. The van der Waals surface area contributed by atoms with E-state index in [0.717, 1.165) is 21.5 Å². The number of hydrogen-bond acceptors (Lipinski definition) is 6. The van der Waals surface area contributed by atoms with Crippen molar-refractivity contribution in [2.45, 2.75) is 24.0 Å². The zero-order valence-electron chi connectivity index (χ0n) is 9.26. The van der Waals surface area contributed by atoms with Gasteiger partial charge in [-0.05, 0) is 40.9 Å². The zero-order valence-corrected chi connectivity index (χ0v) is 12.5. The molecule has 0 saturated heterocycles. The number of rotatable bonds is 5. The Bertz CT molecular complexity index is 577. The van der Waals surface area contributed by atoms with Crippen LogP contribution in [0.1, 0.15) is 34.3 Å². The molecule has 0 aromatic carbocycles. The first-order chi connectivity index (χ1) is 8.72. The molecule has 2 aromatic rings. The first-order valence-electron chi connectivity index (χ1n) is 5.47. The lowest BCUT2D eigenvalue weighted by Crippen LogP contribution is -1.98. The van der Waals surface area contributed by atoms with Crippen LogP contribution in [-0.4, -0.2) is 21.7 Å². The average Bonchev–Trinajstić information content (AvgIpc) is 2.95. The minimum absolute atomic E-state index is 0.0851. The summed E-state index contributed by atoms with van der Waals surface area (Å²) in [6, 6.07) is 3.70. The van der Waals surface area contributed by atoms with Crippen molar-refractivity contribution in [2.75, 3.05) is 5.75 Å². The number of aromatic nitrogens is 2. The van der Waals surface area contributed by atoms with Crippen molar-refractivity contribution in [1.29, 1.82) is 0 Å². The van der Waals surface area contributed by atoms with Gasteiger partial charge in [0, 0.05) is 5.92 Å². The Morgan fingerprint density at radius 1 is 1.50 bits per heavy atom. The van der Waals surface area contributed by atoms with E-state index in [-0.39, 0.29) is 5.78 Å². The van der Waals surface area contributed by atoms with Crippen LogP contribution in [0.4, 0.5) is 0 Å². The molecular weight excluding hydrogens is 336 g/mol. The highest BCUT2D eigenvalue weighted by atomic mass is 79.9. The minimum Gasteiger partial charge on any atom is -0.416 e. The highest BCUT2D eigenvalue weighted by molar-refractivity contribution is 9.11. The van der Waals surface area contributed by atoms with E-state index in [1.165, 1.54) is 23.1 Å². The fourth-order valence-corrected chi connectivity index (χ4v) is 3.50. The molecule has 0 N–H and O–H groups in total. The standard InChI is InChI=1S/C11H9BrN2O2S2/c12-9-4-3-8(18-9)7(15)5-17-11-14-13-10(16-11)6-1-2-6/h3-4,6H,1-2,5H2. The second-order valence-electron chi connectivity index (χ2n) is 4.00. The molecule has 1 aliphatic carbocycles. The quantitative estimate of drug-likeness (QED) is 0.610. The van der Waals surface area contributed by atoms with E-state index in [0.29, 0.717) is 22.8 Å². The highest BCUT2D eigenvalue weighted by Crippen LogP contribution is 2.39. The van der Waals surface area contributed by atoms with Crippen LogP contribution in [0, 0.1) is 0 Å². The van der Waals surface area contributed by atoms with Crippen molar-refractivity contribution < 1.29 is 9.21 Å². The Balaban J connectivity index is 1.58. The van der Waals surface area contributed by atoms with Gasteiger partial charge in [0.2, 0.25) is 5.89 Å². The van der Waals surface area contributed by atoms with E-state index in [9.17, 15) is 4.79 Å². The van der Waals surface area contributed by atoms with Crippen molar-refractivity contribution in [1.82, 2.24) is 10.2 Å². The van der Waals surface area contributed by atoms with Crippen LogP contribution in [0.3, 0.4) is 0 Å². The van der Waals surface area contributed by atoms with Gasteiger partial charge in [0.1, 0.15) is 0 Å². The van der Waals surface area contributed by atoms with Crippen LogP contribution in [0.25, 0.3) is 0 Å². The molecule has 0 radical (unpaired) electrons. The summed E-state index contributed by atoms with van der Waals surface area (Å²) in [4.78, 5) is 12.6. The number of Topliss-reactive ketones (excluding diaryl/α,β-unsaturated/α-hetero) is 1. The zero-order chi connectivity index (χ0) is 12.5. The Morgan fingerprint density at radius 2 is 2.33 bits per heavy atom. The number of thioether (sulfide) groups is 1. The molecule has 2 aromatic heterocycles. The lowest BCUT2D eigenvalue weighted by atomic mass is 10.4. The maximum absolute atomic E-state index is 11.9. The molecule has 0 aliphatic heterocycles. The van der Waals surface area contributed by atoms with Gasteiger partial charge in [-0.2, -0.15) is 0 Å². The minimum atomic E-state index is 0.0851. The molecule has 2 heterocycles. The van der Waals surface area contributed by atoms with Crippen molar-refractivity contribution in [2.24, 2.45) is 0 Å². The number of thiophene rings is 1. The third kappa shape index (κ3) is 2.84. The molecule has 18 heavy (non-hydrogen) atoms. The van der Waals surface area contributed by atoms with Crippen molar-refractivity contribution in [3.05, 3.63) is 26.7 Å². The maximum atomic E-state index is 11.9. The first-order valence-corrected chi connectivity index (χ1v) is 8.06. The Hall–Kier alpha value is -0.660. The van der Waals surface area contributed by atoms with Crippen molar-refractivity contribution in [3.63, 3.8) is 0 Å². The lowest BCUT2D eigenvalue weighted by Gasteiger charge is -1.93. The first kappa shape index (κ1) is 12.4. The normalized spacial score (nSPS) is 14.9. The smallest absolute Gasteiger partial charge is 0.277 e. The van der Waals surface area contributed by atoms with Gasteiger partial charge in [-0.15, -0.1) is 21.5 Å². The van der Waals surface area contributed by atoms with E-state index in [2.05, 4.69) is 26.1 Å². The highest BCUT2D eigenvalue weighted by Gasteiger charge is 2.29. The summed E-state index contributed by atoms with van der Waals surface area (Å²) in [6.45, 7) is 0. The second kappa shape index (κ2) is 5.14. The monoisotopic (exact) mass is 344 g/mol. The number of halogens is 1. The summed E-state index contributed by atoms with van der Waals surface area (Å²) in [5, 5.41) is 8.40. The van der Waals surface area contributed by atoms with Crippen LogP contribution < -0.4 is 0 Å². The molecule has 0 amide bonds. The predicted molar refractivity (Wildman–Crippen MR) is 73.3 cm³/mol. The van der Waals surface area contributed by atoms with E-state index in [1.54, 1.807) is 0 Å². The molecular formula is C11H9BrN2O2S2. The molecule has 1 saturated carbocycles. The number of carbonyl (C=O) groups excluding carboxylic acids is 1. The molecule has 1 fully saturated rings. The van der Waals surface area contributed by atoms with Crippen LogP contribution in [0.2, 0.25) is 0 Å². The fourth-order valence-electron chi connectivity index (χ4n) is 1.44. The number of nitrogens with zero attached hydrogens (tertiary/aromatic N) is 2. The summed E-state index contributed by atoms with van der Waals surface area (Å²) >= 11 is 6.08. The number of hydrogen-bond donors (Lipinski definition) is 0.